The van der Waals surface area contributed by atoms with Gasteiger partial charge in [-0.1, -0.05) is 0 Å². The smallest absolute Gasteiger partial charge is 0.338 e. The van der Waals surface area contributed by atoms with Crippen LogP contribution in [-0.2, 0) is 14.8 Å². The van der Waals surface area contributed by atoms with Gasteiger partial charge >= 0.3 is 5.97 Å². The molecule has 2 rings (SSSR count). The number of carbonyl (C=O) groups excluding carboxylic acids is 1. The second kappa shape index (κ2) is 8.71. The minimum absolute atomic E-state index is 0.178. The monoisotopic (exact) mass is 377 g/mol. The topological polar surface area (TPSA) is 72.9 Å². The number of sulfonamides is 1. The molecular weight excluding hydrogens is 354 g/mol. The summed E-state index contributed by atoms with van der Waals surface area (Å²) in [6, 6.07) is 12.6. The predicted octanol–water partition coefficient (Wildman–Crippen LogP) is 3.48. The molecule has 6 nitrogen and oxygen atoms in total. The Morgan fingerprint density at radius 1 is 0.923 bits per heavy atom. The third-order valence-corrected chi connectivity index (χ3v) is 5.59. The van der Waals surface area contributed by atoms with E-state index in [4.69, 9.17) is 9.47 Å². The van der Waals surface area contributed by atoms with E-state index in [2.05, 4.69) is 0 Å². The summed E-state index contributed by atoms with van der Waals surface area (Å²) in [5.41, 5.74) is 0.861. The van der Waals surface area contributed by atoms with Crippen molar-refractivity contribution in [3.05, 3.63) is 54.1 Å². The van der Waals surface area contributed by atoms with Crippen LogP contribution in [0.25, 0.3) is 0 Å². The number of ether oxygens (including phenoxy) is 2. The minimum atomic E-state index is -3.72. The normalized spacial score (nSPS) is 11.0. The van der Waals surface area contributed by atoms with Crippen molar-refractivity contribution in [2.45, 2.75) is 25.7 Å². The van der Waals surface area contributed by atoms with Gasteiger partial charge in [-0.2, -0.15) is 0 Å². The lowest BCUT2D eigenvalue weighted by Crippen LogP contribution is -2.30. The van der Waals surface area contributed by atoms with Gasteiger partial charge < -0.3 is 9.47 Å². The number of anilines is 1. The van der Waals surface area contributed by atoms with E-state index in [0.717, 1.165) is 0 Å². The van der Waals surface area contributed by atoms with Crippen molar-refractivity contribution < 1.29 is 22.7 Å². The lowest BCUT2D eigenvalue weighted by atomic mass is 10.2. The molecule has 0 aliphatic carbocycles. The van der Waals surface area contributed by atoms with E-state index in [-0.39, 0.29) is 18.0 Å². The minimum Gasteiger partial charge on any atom is -0.494 e. The van der Waals surface area contributed by atoms with Crippen LogP contribution in [-0.4, -0.2) is 34.1 Å². The van der Waals surface area contributed by atoms with Crippen molar-refractivity contribution in [3.8, 4) is 5.75 Å². The van der Waals surface area contributed by atoms with Crippen LogP contribution in [0, 0.1) is 0 Å². The van der Waals surface area contributed by atoms with Crippen molar-refractivity contribution in [1.29, 1.82) is 0 Å². The third-order valence-electron chi connectivity index (χ3n) is 3.68. The summed E-state index contributed by atoms with van der Waals surface area (Å²) in [6.07, 6.45) is 0. The Morgan fingerprint density at radius 3 is 2.04 bits per heavy atom. The van der Waals surface area contributed by atoms with E-state index in [1.165, 1.54) is 16.4 Å². The molecule has 0 aliphatic heterocycles. The maximum atomic E-state index is 12.9. The number of hydrogen-bond acceptors (Lipinski definition) is 5. The lowest BCUT2D eigenvalue weighted by molar-refractivity contribution is 0.0526. The van der Waals surface area contributed by atoms with Crippen molar-refractivity contribution in [1.82, 2.24) is 0 Å². The number of carbonyl (C=O) groups is 1. The Labute approximate surface area is 154 Å². The summed E-state index contributed by atoms with van der Waals surface area (Å²) in [5, 5.41) is 0. The average Bonchev–Trinajstić information content (AvgIpc) is 2.63. The zero-order valence-electron chi connectivity index (χ0n) is 15.1. The maximum absolute atomic E-state index is 12.9. The molecule has 0 bridgehead atoms. The van der Waals surface area contributed by atoms with Crippen LogP contribution in [0.15, 0.2) is 53.4 Å². The van der Waals surface area contributed by atoms with Crippen molar-refractivity contribution in [3.63, 3.8) is 0 Å². The number of benzene rings is 2. The predicted molar refractivity (Wildman–Crippen MR) is 100 cm³/mol. The Hall–Kier alpha value is -2.54. The fourth-order valence-corrected chi connectivity index (χ4v) is 3.94. The molecule has 0 heterocycles. The van der Waals surface area contributed by atoms with Crippen LogP contribution in [0.3, 0.4) is 0 Å². The zero-order chi connectivity index (χ0) is 19.2. The second-order valence-corrected chi connectivity index (χ2v) is 7.20. The molecule has 0 aliphatic rings. The fraction of sp³-hybridized carbons (Fsp3) is 0.316. The van der Waals surface area contributed by atoms with Crippen molar-refractivity contribution in [2.24, 2.45) is 0 Å². The molecule has 0 unspecified atom stereocenters. The molecule has 2 aromatic rings. The third kappa shape index (κ3) is 4.35. The molecule has 7 heteroatoms. The lowest BCUT2D eigenvalue weighted by Gasteiger charge is -2.23. The molecule has 0 saturated carbocycles. The standard InChI is InChI=1S/C19H23NO5S/c1-4-20(16-9-7-15(8-10-16)19(21)25-6-3)26(22,23)18-13-11-17(12-14-18)24-5-2/h7-14H,4-6H2,1-3H3. The Balaban J connectivity index is 2.29. The quantitative estimate of drug-likeness (QED) is 0.659. The molecular formula is C19H23NO5S. The molecule has 0 spiro atoms. The summed E-state index contributed by atoms with van der Waals surface area (Å²) in [5.74, 6) is 0.185. The van der Waals surface area contributed by atoms with E-state index in [1.54, 1.807) is 50.2 Å². The maximum Gasteiger partial charge on any atom is 0.338 e. The molecule has 0 amide bonds. The van der Waals surface area contributed by atoms with Crippen molar-refractivity contribution >= 4 is 21.7 Å². The van der Waals surface area contributed by atoms with Gasteiger partial charge in [-0.05, 0) is 69.3 Å². The average molecular weight is 377 g/mol. The largest absolute Gasteiger partial charge is 0.494 e. The van der Waals surface area contributed by atoms with Gasteiger partial charge in [0.25, 0.3) is 10.0 Å². The van der Waals surface area contributed by atoms with E-state index < -0.39 is 16.0 Å². The highest BCUT2D eigenvalue weighted by molar-refractivity contribution is 7.92. The van der Waals surface area contributed by atoms with Crippen LogP contribution in [0.1, 0.15) is 31.1 Å². The van der Waals surface area contributed by atoms with Gasteiger partial charge in [0, 0.05) is 6.54 Å². The summed E-state index contributed by atoms with van der Waals surface area (Å²) in [6.45, 7) is 6.41. The van der Waals surface area contributed by atoms with Crippen LogP contribution in [0.2, 0.25) is 0 Å². The number of hydrogen-bond donors (Lipinski definition) is 0. The first-order valence-electron chi connectivity index (χ1n) is 8.46. The van der Waals surface area contributed by atoms with E-state index in [9.17, 15) is 13.2 Å². The van der Waals surface area contributed by atoms with Crippen molar-refractivity contribution in [2.75, 3.05) is 24.1 Å². The molecule has 140 valence electrons. The van der Waals surface area contributed by atoms with Crippen LogP contribution >= 0.6 is 0 Å². The van der Waals surface area contributed by atoms with E-state index >= 15 is 0 Å². The number of rotatable bonds is 8. The highest BCUT2D eigenvalue weighted by Gasteiger charge is 2.24. The number of esters is 1. The molecule has 0 saturated heterocycles. The van der Waals surface area contributed by atoms with Gasteiger partial charge in [0.2, 0.25) is 0 Å². The summed E-state index contributed by atoms with van der Waals surface area (Å²) >= 11 is 0. The highest BCUT2D eigenvalue weighted by atomic mass is 32.2. The summed E-state index contributed by atoms with van der Waals surface area (Å²) in [7, 11) is -3.72. The molecule has 0 fully saturated rings. The zero-order valence-corrected chi connectivity index (χ0v) is 16.0. The first-order valence-corrected chi connectivity index (χ1v) is 9.90. The molecule has 0 atom stereocenters. The molecule has 26 heavy (non-hydrogen) atoms. The first-order chi connectivity index (χ1) is 12.4. The van der Waals surface area contributed by atoms with Gasteiger partial charge in [0.15, 0.2) is 0 Å². The summed E-state index contributed by atoms with van der Waals surface area (Å²) in [4.78, 5) is 11.9. The van der Waals surface area contributed by atoms with Crippen LogP contribution in [0.5, 0.6) is 5.75 Å². The van der Waals surface area contributed by atoms with E-state index in [0.29, 0.717) is 23.6 Å². The van der Waals surface area contributed by atoms with Gasteiger partial charge in [-0.25, -0.2) is 13.2 Å². The molecule has 0 aromatic heterocycles. The number of nitrogens with zero attached hydrogens (tertiary/aromatic N) is 1. The SMILES string of the molecule is CCOC(=O)c1ccc(N(CC)S(=O)(=O)c2ccc(OCC)cc2)cc1. The molecule has 0 N–H and O–H groups in total. The molecule has 0 radical (unpaired) electrons. The Morgan fingerprint density at radius 2 is 1.54 bits per heavy atom. The van der Waals surface area contributed by atoms with Gasteiger partial charge in [0.1, 0.15) is 5.75 Å². The second-order valence-electron chi connectivity index (χ2n) is 5.34. The highest BCUT2D eigenvalue weighted by Crippen LogP contribution is 2.25. The van der Waals surface area contributed by atoms with E-state index in [1.807, 2.05) is 6.92 Å². The van der Waals surface area contributed by atoms with Crippen LogP contribution < -0.4 is 9.04 Å². The Kier molecular flexibility index (Phi) is 6.63. The Bertz CT molecular complexity index is 829. The molecule has 2 aromatic carbocycles. The van der Waals surface area contributed by atoms with Gasteiger partial charge in [-0.3, -0.25) is 4.31 Å². The summed E-state index contributed by atoms with van der Waals surface area (Å²) < 4.78 is 37.5. The van der Waals surface area contributed by atoms with Crippen LogP contribution in [0.4, 0.5) is 5.69 Å². The van der Waals surface area contributed by atoms with Gasteiger partial charge in [0.05, 0.1) is 29.4 Å². The van der Waals surface area contributed by atoms with Gasteiger partial charge in [-0.15, -0.1) is 0 Å². The first kappa shape index (κ1) is 19.8. The fourth-order valence-electron chi connectivity index (χ4n) is 2.47.